The summed E-state index contributed by atoms with van der Waals surface area (Å²) in [6.45, 7) is 6.63. The van der Waals surface area contributed by atoms with Gasteiger partial charge in [0.25, 0.3) is 0 Å². The van der Waals surface area contributed by atoms with Gasteiger partial charge in [-0.25, -0.2) is 0 Å². The molecule has 3 heteroatoms. The predicted octanol–water partition coefficient (Wildman–Crippen LogP) is 3.08. The zero-order valence-corrected chi connectivity index (χ0v) is 10.0. The zero-order chi connectivity index (χ0) is 11.0. The number of rotatable bonds is 1. The van der Waals surface area contributed by atoms with E-state index in [4.69, 9.17) is 17.3 Å². The van der Waals surface area contributed by atoms with E-state index in [0.29, 0.717) is 10.7 Å². The highest BCUT2D eigenvalue weighted by Gasteiger charge is 2.20. The molecule has 1 heterocycles. The molecule has 82 valence electrons. The maximum absolute atomic E-state index is 6.05. The van der Waals surface area contributed by atoms with Gasteiger partial charge in [0.05, 0.1) is 10.7 Å². The number of benzene rings is 1. The molecule has 1 fully saturated rings. The first-order chi connectivity index (χ1) is 7.08. The van der Waals surface area contributed by atoms with Crippen molar-refractivity contribution in [3.8, 4) is 0 Å². The van der Waals surface area contributed by atoms with E-state index in [1.165, 1.54) is 17.7 Å². The van der Waals surface area contributed by atoms with Crippen molar-refractivity contribution >= 4 is 23.0 Å². The van der Waals surface area contributed by atoms with Gasteiger partial charge in [-0.3, -0.25) is 0 Å². The SMILES string of the molecule is Cc1cc(N)c(Cl)cc1N1CCC(C)C1. The normalized spacial score (nSPS) is 21.0. The second-order valence-corrected chi connectivity index (χ2v) is 4.91. The van der Waals surface area contributed by atoms with Gasteiger partial charge in [-0.2, -0.15) is 0 Å². The molecule has 1 aliphatic heterocycles. The number of nitrogens with zero attached hydrogens (tertiary/aromatic N) is 1. The summed E-state index contributed by atoms with van der Waals surface area (Å²) in [6.07, 6.45) is 1.27. The summed E-state index contributed by atoms with van der Waals surface area (Å²) < 4.78 is 0. The van der Waals surface area contributed by atoms with Crippen LogP contribution in [-0.4, -0.2) is 13.1 Å². The van der Waals surface area contributed by atoms with Crippen LogP contribution in [0.15, 0.2) is 12.1 Å². The number of halogens is 1. The monoisotopic (exact) mass is 224 g/mol. The van der Waals surface area contributed by atoms with Gasteiger partial charge in [-0.15, -0.1) is 0 Å². The largest absolute Gasteiger partial charge is 0.398 e. The molecule has 0 spiro atoms. The third kappa shape index (κ3) is 2.05. The Morgan fingerprint density at radius 3 is 2.80 bits per heavy atom. The number of aryl methyl sites for hydroxylation is 1. The molecule has 2 N–H and O–H groups in total. The minimum Gasteiger partial charge on any atom is -0.398 e. The molecule has 1 saturated heterocycles. The van der Waals surface area contributed by atoms with Crippen LogP contribution in [0.25, 0.3) is 0 Å². The molecule has 1 aromatic carbocycles. The molecule has 2 nitrogen and oxygen atoms in total. The topological polar surface area (TPSA) is 29.3 Å². The molecular formula is C12H17ClN2. The number of hydrogen-bond acceptors (Lipinski definition) is 2. The molecule has 1 aliphatic rings. The Morgan fingerprint density at radius 1 is 1.47 bits per heavy atom. The number of nitrogen functional groups attached to an aromatic ring is 1. The molecule has 0 amide bonds. The summed E-state index contributed by atoms with van der Waals surface area (Å²) in [5, 5.41) is 0.662. The van der Waals surface area contributed by atoms with Crippen molar-refractivity contribution in [2.45, 2.75) is 20.3 Å². The van der Waals surface area contributed by atoms with Gasteiger partial charge in [0.15, 0.2) is 0 Å². The molecule has 1 atom stereocenters. The third-order valence-corrected chi connectivity index (χ3v) is 3.41. The van der Waals surface area contributed by atoms with Crippen LogP contribution in [0.4, 0.5) is 11.4 Å². The Balaban J connectivity index is 2.32. The Kier molecular flexibility index (Phi) is 2.79. The Morgan fingerprint density at radius 2 is 2.20 bits per heavy atom. The number of nitrogens with two attached hydrogens (primary N) is 1. The highest BCUT2D eigenvalue weighted by Crippen LogP contribution is 2.32. The van der Waals surface area contributed by atoms with Gasteiger partial charge in [-0.05, 0) is 37.0 Å². The first-order valence-corrected chi connectivity index (χ1v) is 5.76. The number of anilines is 2. The lowest BCUT2D eigenvalue weighted by Crippen LogP contribution is -2.20. The van der Waals surface area contributed by atoms with Gasteiger partial charge < -0.3 is 10.6 Å². The minimum absolute atomic E-state index is 0.662. The molecule has 1 aromatic rings. The number of hydrogen-bond donors (Lipinski definition) is 1. The molecule has 0 aliphatic carbocycles. The molecule has 0 aromatic heterocycles. The summed E-state index contributed by atoms with van der Waals surface area (Å²) in [5.41, 5.74) is 8.89. The lowest BCUT2D eigenvalue weighted by molar-refractivity contribution is 0.659. The van der Waals surface area contributed by atoms with Crippen LogP contribution in [0.1, 0.15) is 18.9 Å². The van der Waals surface area contributed by atoms with E-state index in [2.05, 4.69) is 18.7 Å². The van der Waals surface area contributed by atoms with Crippen LogP contribution in [0.3, 0.4) is 0 Å². The first-order valence-electron chi connectivity index (χ1n) is 5.38. The summed E-state index contributed by atoms with van der Waals surface area (Å²) >= 11 is 6.05. The van der Waals surface area contributed by atoms with E-state index in [-0.39, 0.29) is 0 Å². The fraction of sp³-hybridized carbons (Fsp3) is 0.500. The van der Waals surface area contributed by atoms with Crippen molar-refractivity contribution in [1.82, 2.24) is 0 Å². The lowest BCUT2D eigenvalue weighted by atomic mass is 10.1. The van der Waals surface area contributed by atoms with Crippen molar-refractivity contribution in [2.24, 2.45) is 5.92 Å². The van der Waals surface area contributed by atoms with E-state index in [9.17, 15) is 0 Å². The average Bonchev–Trinajstić information content (AvgIpc) is 2.58. The van der Waals surface area contributed by atoms with Crippen molar-refractivity contribution in [1.29, 1.82) is 0 Å². The van der Waals surface area contributed by atoms with Crippen molar-refractivity contribution < 1.29 is 0 Å². The maximum atomic E-state index is 6.05. The van der Waals surface area contributed by atoms with Crippen molar-refractivity contribution in [2.75, 3.05) is 23.7 Å². The van der Waals surface area contributed by atoms with Crippen LogP contribution in [0, 0.1) is 12.8 Å². The maximum Gasteiger partial charge on any atom is 0.0656 e. The van der Waals surface area contributed by atoms with E-state index >= 15 is 0 Å². The second kappa shape index (κ2) is 3.93. The lowest BCUT2D eigenvalue weighted by Gasteiger charge is -2.21. The van der Waals surface area contributed by atoms with Gasteiger partial charge in [-0.1, -0.05) is 18.5 Å². The summed E-state index contributed by atoms with van der Waals surface area (Å²) in [6, 6.07) is 3.95. The van der Waals surface area contributed by atoms with Crippen molar-refractivity contribution in [3.63, 3.8) is 0 Å². The van der Waals surface area contributed by atoms with Crippen molar-refractivity contribution in [3.05, 3.63) is 22.7 Å². The fourth-order valence-electron chi connectivity index (χ4n) is 2.19. The molecule has 1 unspecified atom stereocenters. The van der Waals surface area contributed by atoms with Gasteiger partial charge >= 0.3 is 0 Å². The zero-order valence-electron chi connectivity index (χ0n) is 9.26. The van der Waals surface area contributed by atoms with Gasteiger partial charge in [0.2, 0.25) is 0 Å². The highest BCUT2D eigenvalue weighted by atomic mass is 35.5. The quantitative estimate of drug-likeness (QED) is 0.743. The van der Waals surface area contributed by atoms with E-state index < -0.39 is 0 Å². The molecule has 15 heavy (non-hydrogen) atoms. The second-order valence-electron chi connectivity index (χ2n) is 4.50. The van der Waals surface area contributed by atoms with Crippen LogP contribution in [0.2, 0.25) is 5.02 Å². The Bertz CT molecular complexity index is 376. The van der Waals surface area contributed by atoms with E-state index in [1.807, 2.05) is 12.1 Å². The van der Waals surface area contributed by atoms with Crippen LogP contribution >= 0.6 is 11.6 Å². The smallest absolute Gasteiger partial charge is 0.0656 e. The van der Waals surface area contributed by atoms with E-state index in [0.717, 1.165) is 19.0 Å². The minimum atomic E-state index is 0.662. The van der Waals surface area contributed by atoms with Crippen LogP contribution < -0.4 is 10.6 Å². The van der Waals surface area contributed by atoms with E-state index in [1.54, 1.807) is 0 Å². The standard InChI is InChI=1S/C12H17ClN2/c1-8-3-4-15(7-8)12-6-10(13)11(14)5-9(12)2/h5-6,8H,3-4,7,14H2,1-2H3. The van der Waals surface area contributed by atoms with Crippen LogP contribution in [0.5, 0.6) is 0 Å². The summed E-state index contributed by atoms with van der Waals surface area (Å²) in [4.78, 5) is 2.39. The molecule has 2 rings (SSSR count). The summed E-state index contributed by atoms with van der Waals surface area (Å²) in [7, 11) is 0. The summed E-state index contributed by atoms with van der Waals surface area (Å²) in [5.74, 6) is 0.778. The molecular weight excluding hydrogens is 208 g/mol. The molecule has 0 saturated carbocycles. The highest BCUT2D eigenvalue weighted by molar-refractivity contribution is 6.33. The van der Waals surface area contributed by atoms with Crippen LogP contribution in [-0.2, 0) is 0 Å². The predicted molar refractivity (Wildman–Crippen MR) is 66.6 cm³/mol. The first kappa shape index (κ1) is 10.6. The van der Waals surface area contributed by atoms with Gasteiger partial charge in [0.1, 0.15) is 0 Å². The fourth-order valence-corrected chi connectivity index (χ4v) is 2.35. The Hall–Kier alpha value is -0.890. The average molecular weight is 225 g/mol. The Labute approximate surface area is 96.0 Å². The van der Waals surface area contributed by atoms with Gasteiger partial charge in [0, 0.05) is 18.8 Å². The molecule has 0 bridgehead atoms. The third-order valence-electron chi connectivity index (χ3n) is 3.08. The molecule has 0 radical (unpaired) electrons.